The molecule has 1 aliphatic carbocycles. The molecule has 182 valence electrons. The first kappa shape index (κ1) is 23.2. The van der Waals surface area contributed by atoms with Crippen molar-refractivity contribution < 1.29 is 23.8 Å². The van der Waals surface area contributed by atoms with Gasteiger partial charge in [-0.25, -0.2) is 4.98 Å². The average molecular weight is 494 g/mol. The van der Waals surface area contributed by atoms with Crippen LogP contribution >= 0.6 is 11.3 Å². The highest BCUT2D eigenvalue weighted by atomic mass is 32.1. The van der Waals surface area contributed by atoms with Crippen molar-refractivity contribution in [2.45, 2.75) is 25.7 Å². The predicted octanol–water partition coefficient (Wildman–Crippen LogP) is 4.32. The van der Waals surface area contributed by atoms with Crippen molar-refractivity contribution in [2.24, 2.45) is 5.92 Å². The molecule has 2 aliphatic rings. The summed E-state index contributed by atoms with van der Waals surface area (Å²) in [6.07, 6.45) is 3.56. The van der Waals surface area contributed by atoms with Gasteiger partial charge in [-0.15, -0.1) is 11.3 Å². The number of anilines is 2. The van der Waals surface area contributed by atoms with Gasteiger partial charge in [0.2, 0.25) is 17.6 Å². The number of ether oxygens (including phenoxy) is 3. The topological polar surface area (TPSA) is 90.0 Å². The lowest BCUT2D eigenvalue weighted by atomic mass is 10.1. The molecule has 2 amide bonds. The zero-order chi connectivity index (χ0) is 24.5. The molecule has 9 heteroatoms. The molecule has 1 atom stereocenters. The first-order valence-electron chi connectivity index (χ1n) is 11.5. The van der Waals surface area contributed by atoms with Crippen molar-refractivity contribution in [3.05, 3.63) is 46.8 Å². The molecular weight excluding hydrogens is 466 g/mol. The van der Waals surface area contributed by atoms with Crippen LogP contribution in [0.5, 0.6) is 17.2 Å². The molecule has 1 aromatic heterocycles. The third-order valence-electron chi connectivity index (χ3n) is 6.59. The predicted molar refractivity (Wildman–Crippen MR) is 135 cm³/mol. The highest BCUT2D eigenvalue weighted by Gasteiger charge is 2.36. The normalized spacial score (nSPS) is 16.8. The fourth-order valence-electron chi connectivity index (χ4n) is 4.76. The number of rotatable bonds is 7. The standard InChI is InChI=1S/C26H27N3O5S/c1-32-21-11-19(12-22(33-2)24(21)34-3)29-13-18(10-23(29)30)25(31)28-26-27-20(14-35-26)17-8-7-15-5-4-6-16(15)9-17/h7-9,11-12,14,18H,4-6,10,13H2,1-3H3,(H,27,28,31). The Morgan fingerprint density at radius 1 is 1.06 bits per heavy atom. The summed E-state index contributed by atoms with van der Waals surface area (Å²) in [4.78, 5) is 32.0. The Morgan fingerprint density at radius 3 is 2.51 bits per heavy atom. The van der Waals surface area contributed by atoms with Crippen LogP contribution in [-0.4, -0.2) is 44.7 Å². The summed E-state index contributed by atoms with van der Waals surface area (Å²) in [7, 11) is 4.57. The molecule has 1 aliphatic heterocycles. The second-order valence-corrected chi connectivity index (χ2v) is 9.51. The molecular formula is C26H27N3O5S. The number of aromatic nitrogens is 1. The van der Waals surface area contributed by atoms with E-state index in [0.717, 1.165) is 24.1 Å². The molecule has 2 aromatic carbocycles. The third kappa shape index (κ3) is 4.43. The lowest BCUT2D eigenvalue weighted by Gasteiger charge is -2.20. The largest absolute Gasteiger partial charge is 0.493 e. The van der Waals surface area contributed by atoms with Crippen molar-refractivity contribution >= 4 is 34.0 Å². The van der Waals surface area contributed by atoms with E-state index < -0.39 is 5.92 Å². The maximum atomic E-state index is 13.0. The van der Waals surface area contributed by atoms with Crippen molar-refractivity contribution in [2.75, 3.05) is 38.1 Å². The van der Waals surface area contributed by atoms with E-state index in [0.29, 0.717) is 28.1 Å². The quantitative estimate of drug-likeness (QED) is 0.527. The highest BCUT2D eigenvalue weighted by molar-refractivity contribution is 7.14. The van der Waals surface area contributed by atoms with Gasteiger partial charge >= 0.3 is 0 Å². The number of amides is 2. The number of carbonyl (C=O) groups is 2. The number of hydrogen-bond acceptors (Lipinski definition) is 7. The van der Waals surface area contributed by atoms with Gasteiger partial charge in [-0.2, -0.15) is 0 Å². The second kappa shape index (κ2) is 9.58. The summed E-state index contributed by atoms with van der Waals surface area (Å²) in [5.74, 6) is 0.492. The van der Waals surface area contributed by atoms with Gasteiger partial charge in [-0.1, -0.05) is 12.1 Å². The molecule has 8 nitrogen and oxygen atoms in total. The van der Waals surface area contributed by atoms with Gasteiger partial charge in [0.1, 0.15) is 0 Å². The Labute approximate surface area is 207 Å². The van der Waals surface area contributed by atoms with Gasteiger partial charge in [0.15, 0.2) is 16.6 Å². The molecule has 5 rings (SSSR count). The fourth-order valence-corrected chi connectivity index (χ4v) is 5.48. The van der Waals surface area contributed by atoms with Crippen LogP contribution in [0.4, 0.5) is 10.8 Å². The van der Waals surface area contributed by atoms with Gasteiger partial charge in [-0.3, -0.25) is 9.59 Å². The number of aryl methyl sites for hydroxylation is 2. The smallest absolute Gasteiger partial charge is 0.231 e. The number of methoxy groups -OCH3 is 3. The van der Waals surface area contributed by atoms with Crippen molar-refractivity contribution in [1.29, 1.82) is 0 Å². The molecule has 0 bridgehead atoms. The van der Waals surface area contributed by atoms with Crippen LogP contribution in [-0.2, 0) is 22.4 Å². The van der Waals surface area contributed by atoms with E-state index in [4.69, 9.17) is 14.2 Å². The van der Waals surface area contributed by atoms with Gasteiger partial charge in [-0.05, 0) is 36.5 Å². The Kier molecular flexibility index (Phi) is 6.34. The van der Waals surface area contributed by atoms with Crippen molar-refractivity contribution in [3.63, 3.8) is 0 Å². The summed E-state index contributed by atoms with van der Waals surface area (Å²) >= 11 is 1.39. The fraction of sp³-hybridized carbons (Fsp3) is 0.346. The first-order chi connectivity index (χ1) is 17.0. The Morgan fingerprint density at radius 2 is 1.80 bits per heavy atom. The van der Waals surface area contributed by atoms with Crippen LogP contribution in [0.2, 0.25) is 0 Å². The van der Waals surface area contributed by atoms with Crippen LogP contribution in [0.25, 0.3) is 11.3 Å². The average Bonchev–Trinajstić information content (AvgIpc) is 3.62. The van der Waals surface area contributed by atoms with Gasteiger partial charge in [0, 0.05) is 36.0 Å². The molecule has 1 unspecified atom stereocenters. The third-order valence-corrected chi connectivity index (χ3v) is 7.34. The van der Waals surface area contributed by atoms with Crippen LogP contribution in [0.15, 0.2) is 35.7 Å². The van der Waals surface area contributed by atoms with E-state index in [9.17, 15) is 9.59 Å². The maximum absolute atomic E-state index is 13.0. The molecule has 0 saturated carbocycles. The Balaban J connectivity index is 1.29. The van der Waals surface area contributed by atoms with E-state index in [2.05, 4.69) is 28.5 Å². The molecule has 2 heterocycles. The lowest BCUT2D eigenvalue weighted by molar-refractivity contribution is -0.122. The van der Waals surface area contributed by atoms with E-state index >= 15 is 0 Å². The number of nitrogens with zero attached hydrogens (tertiary/aromatic N) is 2. The van der Waals surface area contributed by atoms with Crippen LogP contribution < -0.4 is 24.4 Å². The van der Waals surface area contributed by atoms with E-state index in [1.54, 1.807) is 17.0 Å². The monoisotopic (exact) mass is 493 g/mol. The summed E-state index contributed by atoms with van der Waals surface area (Å²) in [6, 6.07) is 9.90. The van der Waals surface area contributed by atoms with Crippen LogP contribution in [0.3, 0.4) is 0 Å². The molecule has 1 N–H and O–H groups in total. The Hall–Kier alpha value is -3.59. The van der Waals surface area contributed by atoms with Gasteiger partial charge in [0.25, 0.3) is 0 Å². The zero-order valence-corrected chi connectivity index (χ0v) is 20.7. The van der Waals surface area contributed by atoms with Crippen molar-refractivity contribution in [1.82, 2.24) is 4.98 Å². The summed E-state index contributed by atoms with van der Waals surface area (Å²) in [6.45, 7) is 0.256. The summed E-state index contributed by atoms with van der Waals surface area (Å²) in [5.41, 5.74) is 5.30. The van der Waals surface area contributed by atoms with Gasteiger partial charge < -0.3 is 24.4 Å². The van der Waals surface area contributed by atoms with Crippen LogP contribution in [0, 0.1) is 5.92 Å². The maximum Gasteiger partial charge on any atom is 0.231 e. The van der Waals surface area contributed by atoms with E-state index in [1.807, 2.05) is 5.38 Å². The highest BCUT2D eigenvalue weighted by Crippen LogP contribution is 2.42. The minimum Gasteiger partial charge on any atom is -0.493 e. The first-order valence-corrected chi connectivity index (χ1v) is 12.4. The molecule has 35 heavy (non-hydrogen) atoms. The number of thiazole rings is 1. The second-order valence-electron chi connectivity index (χ2n) is 8.65. The van der Waals surface area contributed by atoms with Crippen LogP contribution in [0.1, 0.15) is 24.0 Å². The minimum absolute atomic E-state index is 0.117. The van der Waals surface area contributed by atoms with Gasteiger partial charge in [0.05, 0.1) is 38.6 Å². The summed E-state index contributed by atoms with van der Waals surface area (Å²) in [5, 5.41) is 5.39. The molecule has 0 radical (unpaired) electrons. The van der Waals surface area contributed by atoms with Crippen molar-refractivity contribution in [3.8, 4) is 28.5 Å². The number of fused-ring (bicyclic) bond motifs is 1. The minimum atomic E-state index is -0.492. The number of hydrogen-bond donors (Lipinski definition) is 1. The number of nitrogens with one attached hydrogen (secondary N) is 1. The summed E-state index contributed by atoms with van der Waals surface area (Å²) < 4.78 is 16.2. The molecule has 1 saturated heterocycles. The lowest BCUT2D eigenvalue weighted by Crippen LogP contribution is -2.28. The number of carbonyl (C=O) groups excluding carboxylic acids is 2. The zero-order valence-electron chi connectivity index (χ0n) is 19.9. The molecule has 3 aromatic rings. The van der Waals surface area contributed by atoms with E-state index in [1.165, 1.54) is 50.2 Å². The Bertz CT molecular complexity index is 1260. The molecule has 1 fully saturated rings. The number of benzene rings is 2. The molecule has 0 spiro atoms. The van der Waals surface area contributed by atoms with E-state index in [-0.39, 0.29) is 24.8 Å². The SMILES string of the molecule is COc1cc(N2CC(C(=O)Nc3nc(-c4ccc5c(c4)CCC5)cs3)CC2=O)cc(OC)c1OC.